The van der Waals surface area contributed by atoms with E-state index in [0.717, 1.165) is 45.1 Å². The number of carboxylic acids is 1. The van der Waals surface area contributed by atoms with Gasteiger partial charge >= 0.3 is 5.97 Å². The number of hydrogen-bond acceptors (Lipinski definition) is 8. The average Bonchev–Trinajstić information content (AvgIpc) is 2.92. The molecule has 4 rings (SSSR count). The van der Waals surface area contributed by atoms with Crippen molar-refractivity contribution in [3.63, 3.8) is 0 Å². The van der Waals surface area contributed by atoms with Gasteiger partial charge in [-0.25, -0.2) is 9.78 Å². The van der Waals surface area contributed by atoms with E-state index in [1.54, 1.807) is 18.2 Å². The predicted octanol–water partition coefficient (Wildman–Crippen LogP) is 7.56. The van der Waals surface area contributed by atoms with Crippen molar-refractivity contribution in [2.45, 2.75) is 72.4 Å². The number of nitrogens with one attached hydrogen (secondary N) is 2. The molecule has 226 valence electrons. The number of benzene rings is 2. The molecule has 0 fully saturated rings. The van der Waals surface area contributed by atoms with Crippen LogP contribution >= 0.6 is 11.9 Å². The smallest absolute Gasteiger partial charge is 0.335 e. The molecule has 2 aromatic heterocycles. The molecule has 43 heavy (non-hydrogen) atoms. The van der Waals surface area contributed by atoms with Gasteiger partial charge in [-0.3, -0.25) is 9.71 Å². The Bertz CT molecular complexity index is 1540. The fourth-order valence-electron chi connectivity index (χ4n) is 5.07. The lowest BCUT2D eigenvalue weighted by Crippen LogP contribution is -2.37. The van der Waals surface area contributed by atoms with Crippen LogP contribution in [0.25, 0.3) is 11.3 Å². The molecule has 2 aromatic carbocycles. The van der Waals surface area contributed by atoms with Crippen molar-refractivity contribution in [2.75, 3.05) is 11.3 Å². The van der Waals surface area contributed by atoms with E-state index < -0.39 is 5.97 Å². The van der Waals surface area contributed by atoms with Gasteiger partial charge in [0.2, 0.25) is 11.8 Å². The van der Waals surface area contributed by atoms with E-state index in [1.807, 2.05) is 25.1 Å². The van der Waals surface area contributed by atoms with Crippen LogP contribution < -0.4 is 14.8 Å². The van der Waals surface area contributed by atoms with Gasteiger partial charge in [0, 0.05) is 34.8 Å². The summed E-state index contributed by atoms with van der Waals surface area (Å²) in [5.41, 5.74) is 7.49. The molecule has 1 atom stereocenters. The van der Waals surface area contributed by atoms with E-state index in [-0.39, 0.29) is 17.0 Å². The van der Waals surface area contributed by atoms with E-state index in [1.165, 1.54) is 17.5 Å². The SMILES string of the molecule is Cc1cc(C)nc(CNC(COc2cc(-c3c(C)cccc3C)nc(NSc3cccc(C(=O)O)c3)n2)CC(C)(C)C)c1. The Kier molecular flexibility index (Phi) is 10.4. The van der Waals surface area contributed by atoms with Crippen molar-refractivity contribution in [2.24, 2.45) is 5.41 Å². The third-order valence-electron chi connectivity index (χ3n) is 6.79. The molecule has 0 amide bonds. The van der Waals surface area contributed by atoms with Crippen LogP contribution in [-0.4, -0.2) is 38.7 Å². The second-order valence-corrected chi connectivity index (χ2v) is 13.0. The lowest BCUT2D eigenvalue weighted by molar-refractivity contribution is 0.0696. The van der Waals surface area contributed by atoms with Gasteiger partial charge in [-0.1, -0.05) is 45.0 Å². The van der Waals surface area contributed by atoms with Crippen LogP contribution in [0.3, 0.4) is 0 Å². The quantitative estimate of drug-likeness (QED) is 0.142. The molecule has 0 bridgehead atoms. The molecule has 0 aliphatic heterocycles. The van der Waals surface area contributed by atoms with E-state index in [0.29, 0.717) is 25.0 Å². The van der Waals surface area contributed by atoms with Crippen LogP contribution in [0.4, 0.5) is 5.95 Å². The molecule has 2 heterocycles. The lowest BCUT2D eigenvalue weighted by atomic mass is 9.88. The standard InChI is InChI=1S/C34H41N5O3S/c1-21-14-24(4)36-26(15-21)19-35-27(18-34(5,6)7)20-42-30-17-29(31-22(2)10-8-11-23(31)3)37-33(38-30)39-43-28-13-9-12-25(16-28)32(40)41/h8-17,27,35H,18-20H2,1-7H3,(H,40,41)(H,37,38,39). The second-order valence-electron chi connectivity index (χ2n) is 12.1. The molecular formula is C34H41N5O3S. The fraction of sp³-hybridized carbons (Fsp3) is 0.353. The molecule has 9 heteroatoms. The Morgan fingerprint density at radius 3 is 2.35 bits per heavy atom. The van der Waals surface area contributed by atoms with Crippen LogP contribution in [0.15, 0.2) is 65.6 Å². The zero-order valence-electron chi connectivity index (χ0n) is 26.0. The van der Waals surface area contributed by atoms with Gasteiger partial charge in [0.15, 0.2) is 0 Å². The summed E-state index contributed by atoms with van der Waals surface area (Å²) in [6.45, 7) is 16.0. The normalized spacial score (nSPS) is 12.2. The minimum Gasteiger partial charge on any atom is -0.478 e. The predicted molar refractivity (Wildman–Crippen MR) is 174 cm³/mol. The number of aromatic nitrogens is 3. The zero-order chi connectivity index (χ0) is 31.1. The van der Waals surface area contributed by atoms with Gasteiger partial charge in [0.05, 0.1) is 17.0 Å². The fourth-order valence-corrected chi connectivity index (χ4v) is 5.70. The van der Waals surface area contributed by atoms with Crippen molar-refractivity contribution in [1.82, 2.24) is 20.3 Å². The maximum atomic E-state index is 11.4. The third kappa shape index (κ3) is 9.53. The molecule has 3 N–H and O–H groups in total. The Morgan fingerprint density at radius 2 is 1.67 bits per heavy atom. The summed E-state index contributed by atoms with van der Waals surface area (Å²) in [5, 5.41) is 13.0. The number of carbonyl (C=O) groups is 1. The van der Waals surface area contributed by atoms with Gasteiger partial charge in [-0.05, 0) is 98.5 Å². The summed E-state index contributed by atoms with van der Waals surface area (Å²) in [4.78, 5) is 26.3. The number of aryl methyl sites for hydroxylation is 4. The summed E-state index contributed by atoms with van der Waals surface area (Å²) in [5.74, 6) is -0.140. The van der Waals surface area contributed by atoms with Crippen molar-refractivity contribution in [1.29, 1.82) is 0 Å². The maximum absolute atomic E-state index is 11.4. The summed E-state index contributed by atoms with van der Waals surface area (Å²) in [6.07, 6.45) is 0.896. The van der Waals surface area contributed by atoms with Crippen LogP contribution in [0.5, 0.6) is 5.88 Å². The first-order valence-electron chi connectivity index (χ1n) is 14.4. The lowest BCUT2D eigenvalue weighted by Gasteiger charge is -2.27. The zero-order valence-corrected chi connectivity index (χ0v) is 26.8. The molecule has 0 aliphatic rings. The maximum Gasteiger partial charge on any atom is 0.335 e. The largest absolute Gasteiger partial charge is 0.478 e. The molecule has 0 aliphatic carbocycles. The van der Waals surface area contributed by atoms with Gasteiger partial charge in [0.25, 0.3) is 0 Å². The van der Waals surface area contributed by atoms with Crippen molar-refractivity contribution in [3.05, 3.63) is 94.3 Å². The summed E-state index contributed by atoms with van der Waals surface area (Å²) in [6, 6.07) is 19.0. The average molecular weight is 600 g/mol. The molecule has 0 saturated heterocycles. The van der Waals surface area contributed by atoms with E-state index in [2.05, 4.69) is 85.8 Å². The van der Waals surface area contributed by atoms with Crippen LogP contribution in [0, 0.1) is 33.1 Å². The number of carboxylic acid groups (broad SMARTS) is 1. The van der Waals surface area contributed by atoms with E-state index in [4.69, 9.17) is 9.72 Å². The molecular weight excluding hydrogens is 558 g/mol. The van der Waals surface area contributed by atoms with Crippen LogP contribution in [-0.2, 0) is 6.54 Å². The number of hydrogen-bond donors (Lipinski definition) is 3. The Morgan fingerprint density at radius 1 is 0.953 bits per heavy atom. The highest BCUT2D eigenvalue weighted by Crippen LogP contribution is 2.30. The summed E-state index contributed by atoms with van der Waals surface area (Å²) in [7, 11) is 0. The molecule has 0 radical (unpaired) electrons. The van der Waals surface area contributed by atoms with E-state index >= 15 is 0 Å². The summed E-state index contributed by atoms with van der Waals surface area (Å²) >= 11 is 1.25. The number of pyridine rings is 1. The monoisotopic (exact) mass is 599 g/mol. The van der Waals surface area contributed by atoms with Crippen LogP contribution in [0.2, 0.25) is 0 Å². The van der Waals surface area contributed by atoms with Crippen molar-refractivity contribution >= 4 is 23.9 Å². The first kappa shape index (κ1) is 32.0. The highest BCUT2D eigenvalue weighted by Gasteiger charge is 2.21. The van der Waals surface area contributed by atoms with Crippen molar-refractivity contribution in [3.8, 4) is 17.1 Å². The topological polar surface area (TPSA) is 109 Å². The Hall–Kier alpha value is -3.95. The highest BCUT2D eigenvalue weighted by molar-refractivity contribution is 8.00. The minimum atomic E-state index is -0.974. The van der Waals surface area contributed by atoms with Gasteiger partial charge < -0.3 is 15.2 Å². The van der Waals surface area contributed by atoms with E-state index in [9.17, 15) is 9.90 Å². The number of ether oxygens (including phenoxy) is 1. The third-order valence-corrected chi connectivity index (χ3v) is 7.57. The van der Waals surface area contributed by atoms with Gasteiger partial charge in [-0.2, -0.15) is 4.98 Å². The Labute approximate surface area is 258 Å². The first-order chi connectivity index (χ1) is 20.4. The van der Waals surface area contributed by atoms with Gasteiger partial charge in [-0.15, -0.1) is 0 Å². The highest BCUT2D eigenvalue weighted by atomic mass is 32.2. The number of anilines is 1. The van der Waals surface area contributed by atoms with Crippen LogP contribution in [0.1, 0.15) is 65.6 Å². The molecule has 1 unspecified atom stereocenters. The van der Waals surface area contributed by atoms with Gasteiger partial charge in [0.1, 0.15) is 6.61 Å². The van der Waals surface area contributed by atoms with Crippen molar-refractivity contribution < 1.29 is 14.6 Å². The molecule has 4 aromatic rings. The minimum absolute atomic E-state index is 0.0609. The molecule has 8 nitrogen and oxygen atoms in total. The molecule has 0 saturated carbocycles. The molecule has 0 spiro atoms. The Balaban J connectivity index is 1.58. The second kappa shape index (κ2) is 14.0. The summed E-state index contributed by atoms with van der Waals surface area (Å²) < 4.78 is 9.57. The number of aromatic carboxylic acids is 1. The first-order valence-corrected chi connectivity index (χ1v) is 15.2. The number of nitrogens with zero attached hydrogens (tertiary/aromatic N) is 3. The number of rotatable bonds is 12.